The Balaban J connectivity index is 0.00000363. The standard InChI is InChI=1S/C21H25N3O6S.Li/c25-21(26)18-10-12-22(13-11-18)14-15-23(16-17-6-2-1-3-7-17)31(29,30)20-9-5-4-8-19(20)24(27)28;/h1-9,18H,10-16H2,(H,25,26);/q;+1/p-1. The SMILES string of the molecule is O=C([O-])C1CCN(CCN(Cc2ccccc2)S(=O)(=O)c2ccccc2[N+](=O)[O-])CC1.[Li+]. The van der Waals surface area contributed by atoms with Crippen LogP contribution in [0.25, 0.3) is 0 Å². The van der Waals surface area contributed by atoms with E-state index in [4.69, 9.17) is 0 Å². The molecule has 0 aliphatic carbocycles. The minimum absolute atomic E-state index is 0. The molecule has 0 saturated carbocycles. The molecular weight excluding hydrogens is 429 g/mol. The smallest absolute Gasteiger partial charge is 0.550 e. The molecule has 0 amide bonds. The molecule has 32 heavy (non-hydrogen) atoms. The quantitative estimate of drug-likeness (QED) is 0.251. The van der Waals surface area contributed by atoms with E-state index < -0.39 is 32.5 Å². The topological polar surface area (TPSA) is 124 Å². The zero-order valence-corrected chi connectivity index (χ0v) is 18.7. The van der Waals surface area contributed by atoms with E-state index in [-0.39, 0.29) is 36.8 Å². The van der Waals surface area contributed by atoms with Gasteiger partial charge in [0.25, 0.3) is 5.69 Å². The van der Waals surface area contributed by atoms with Crippen LogP contribution in [-0.2, 0) is 21.4 Å². The van der Waals surface area contributed by atoms with Gasteiger partial charge in [-0.05, 0) is 37.6 Å². The number of para-hydroxylation sites is 1. The average molecular weight is 453 g/mol. The average Bonchev–Trinajstić information content (AvgIpc) is 2.77. The number of likely N-dealkylation sites (tertiary alicyclic amines) is 1. The van der Waals surface area contributed by atoms with Crippen LogP contribution in [0.4, 0.5) is 5.69 Å². The monoisotopic (exact) mass is 453 g/mol. The molecule has 3 rings (SSSR count). The van der Waals surface area contributed by atoms with Crippen molar-refractivity contribution in [2.24, 2.45) is 5.92 Å². The van der Waals surface area contributed by atoms with Crippen molar-refractivity contribution >= 4 is 21.7 Å². The maximum Gasteiger partial charge on any atom is 1.00 e. The Bertz CT molecular complexity index is 1030. The van der Waals surface area contributed by atoms with Crippen molar-refractivity contribution < 1.29 is 42.1 Å². The van der Waals surface area contributed by atoms with Gasteiger partial charge < -0.3 is 14.8 Å². The fraction of sp³-hybridized carbons (Fsp3) is 0.381. The van der Waals surface area contributed by atoms with Crippen molar-refractivity contribution in [1.29, 1.82) is 0 Å². The molecule has 9 nitrogen and oxygen atoms in total. The van der Waals surface area contributed by atoms with Crippen molar-refractivity contribution in [2.75, 3.05) is 26.2 Å². The van der Waals surface area contributed by atoms with Crippen molar-refractivity contribution in [1.82, 2.24) is 9.21 Å². The van der Waals surface area contributed by atoms with E-state index in [0.29, 0.717) is 32.5 Å². The number of carbonyl (C=O) groups is 1. The van der Waals surface area contributed by atoms with Gasteiger partial charge in [0.15, 0.2) is 4.90 Å². The van der Waals surface area contributed by atoms with E-state index in [1.54, 1.807) is 24.3 Å². The summed E-state index contributed by atoms with van der Waals surface area (Å²) in [7, 11) is -4.14. The first kappa shape index (κ1) is 26.0. The minimum atomic E-state index is -4.14. The Labute approximate surface area is 199 Å². The first-order valence-corrected chi connectivity index (χ1v) is 11.4. The van der Waals surface area contributed by atoms with Crippen molar-refractivity contribution in [3.63, 3.8) is 0 Å². The number of hydrogen-bond acceptors (Lipinski definition) is 7. The maximum atomic E-state index is 13.4. The van der Waals surface area contributed by atoms with E-state index in [1.165, 1.54) is 28.6 Å². The van der Waals surface area contributed by atoms with E-state index in [2.05, 4.69) is 0 Å². The third-order valence-electron chi connectivity index (χ3n) is 5.47. The number of benzene rings is 2. The molecule has 1 aliphatic heterocycles. The second kappa shape index (κ2) is 11.6. The van der Waals surface area contributed by atoms with Crippen molar-refractivity contribution in [2.45, 2.75) is 24.3 Å². The number of rotatable bonds is 9. The third kappa shape index (κ3) is 6.40. The molecule has 2 aromatic rings. The van der Waals surface area contributed by atoms with Gasteiger partial charge in [-0.1, -0.05) is 42.5 Å². The predicted octanol–water partition coefficient (Wildman–Crippen LogP) is -1.75. The Morgan fingerprint density at radius 2 is 1.66 bits per heavy atom. The third-order valence-corrected chi connectivity index (χ3v) is 7.36. The van der Waals surface area contributed by atoms with Crippen LogP contribution in [0.15, 0.2) is 59.5 Å². The number of nitrogens with zero attached hydrogens (tertiary/aromatic N) is 3. The summed E-state index contributed by atoms with van der Waals surface area (Å²) in [4.78, 5) is 23.4. The molecule has 1 heterocycles. The summed E-state index contributed by atoms with van der Waals surface area (Å²) in [6.45, 7) is 1.66. The first-order chi connectivity index (χ1) is 14.8. The van der Waals surface area contributed by atoms with Gasteiger partial charge in [0.2, 0.25) is 10.0 Å². The summed E-state index contributed by atoms with van der Waals surface area (Å²) in [6.07, 6.45) is 0.913. The van der Waals surface area contributed by atoms with Gasteiger partial charge in [-0.25, -0.2) is 8.42 Å². The van der Waals surface area contributed by atoms with Crippen LogP contribution in [0.3, 0.4) is 0 Å². The normalized spacial score (nSPS) is 15.3. The Kier molecular flexibility index (Phi) is 9.43. The van der Waals surface area contributed by atoms with Crippen molar-refractivity contribution in [3.05, 3.63) is 70.3 Å². The van der Waals surface area contributed by atoms with Crippen LogP contribution in [-0.4, -0.2) is 54.7 Å². The zero-order chi connectivity index (χ0) is 22.4. The fourth-order valence-electron chi connectivity index (χ4n) is 3.68. The number of nitro groups is 1. The number of carboxylic acids is 1. The Morgan fingerprint density at radius 3 is 2.25 bits per heavy atom. The molecule has 166 valence electrons. The van der Waals surface area contributed by atoms with Gasteiger partial charge in [0.1, 0.15) is 0 Å². The molecule has 2 aromatic carbocycles. The van der Waals surface area contributed by atoms with Gasteiger partial charge >= 0.3 is 18.9 Å². The van der Waals surface area contributed by atoms with Crippen LogP contribution < -0.4 is 24.0 Å². The molecule has 1 saturated heterocycles. The molecule has 0 unspecified atom stereocenters. The summed E-state index contributed by atoms with van der Waals surface area (Å²) in [6, 6.07) is 14.3. The Morgan fingerprint density at radius 1 is 1.06 bits per heavy atom. The van der Waals surface area contributed by atoms with E-state index in [0.717, 1.165) is 5.56 Å². The molecule has 1 aliphatic rings. The van der Waals surface area contributed by atoms with Crippen LogP contribution in [0.5, 0.6) is 0 Å². The zero-order valence-electron chi connectivity index (χ0n) is 17.9. The molecule has 11 heteroatoms. The molecule has 1 fully saturated rings. The molecule has 0 radical (unpaired) electrons. The van der Waals surface area contributed by atoms with Gasteiger partial charge in [-0.15, -0.1) is 0 Å². The van der Waals surface area contributed by atoms with E-state index in [9.17, 15) is 28.4 Å². The number of carboxylic acid groups (broad SMARTS) is 1. The van der Waals surface area contributed by atoms with Crippen LogP contribution in [0.2, 0.25) is 0 Å². The van der Waals surface area contributed by atoms with E-state index in [1.807, 2.05) is 11.0 Å². The minimum Gasteiger partial charge on any atom is -0.550 e. The summed E-state index contributed by atoms with van der Waals surface area (Å²) in [5, 5.41) is 22.4. The van der Waals surface area contributed by atoms with Crippen LogP contribution in [0, 0.1) is 16.0 Å². The maximum absolute atomic E-state index is 13.4. The second-order valence-corrected chi connectivity index (χ2v) is 9.39. The summed E-state index contributed by atoms with van der Waals surface area (Å²) >= 11 is 0. The molecule has 0 atom stereocenters. The number of piperidine rings is 1. The molecule has 0 bridgehead atoms. The summed E-state index contributed by atoms with van der Waals surface area (Å²) in [5.41, 5.74) is 0.302. The van der Waals surface area contributed by atoms with Gasteiger partial charge in [0.05, 0.1) is 4.92 Å². The van der Waals surface area contributed by atoms with Crippen LogP contribution >= 0.6 is 0 Å². The molecule has 0 spiro atoms. The summed E-state index contributed by atoms with van der Waals surface area (Å²) < 4.78 is 28.0. The number of aliphatic carboxylic acids is 1. The van der Waals surface area contributed by atoms with Gasteiger partial charge in [-0.3, -0.25) is 10.1 Å². The van der Waals surface area contributed by atoms with Gasteiger partial charge in [-0.2, -0.15) is 4.31 Å². The molecule has 0 aromatic heterocycles. The largest absolute Gasteiger partial charge is 1.00 e. The number of carbonyl (C=O) groups excluding carboxylic acids is 1. The Hall–Kier alpha value is -2.22. The van der Waals surface area contributed by atoms with Crippen LogP contribution in [0.1, 0.15) is 18.4 Å². The predicted molar refractivity (Wildman–Crippen MR) is 111 cm³/mol. The molecule has 0 N–H and O–H groups in total. The second-order valence-electron chi connectivity index (χ2n) is 7.48. The van der Waals surface area contributed by atoms with E-state index >= 15 is 0 Å². The number of hydrogen-bond donors (Lipinski definition) is 0. The number of nitro benzene ring substituents is 1. The number of sulfonamides is 1. The van der Waals surface area contributed by atoms with Crippen molar-refractivity contribution in [3.8, 4) is 0 Å². The molecular formula is C21H24LiN3O6S. The van der Waals surface area contributed by atoms with Gasteiger partial charge in [0, 0.05) is 37.6 Å². The fourth-order valence-corrected chi connectivity index (χ4v) is 5.26. The summed E-state index contributed by atoms with van der Waals surface area (Å²) in [5.74, 6) is -1.53. The first-order valence-electron chi connectivity index (χ1n) is 9.99.